The van der Waals surface area contributed by atoms with Crippen LogP contribution in [-0.2, 0) is 0 Å². The lowest BCUT2D eigenvalue weighted by atomic mass is 9.84. The van der Waals surface area contributed by atoms with E-state index in [1.807, 2.05) is 30.3 Å². The first-order chi connectivity index (χ1) is 14.2. The second-order valence-electron chi connectivity index (χ2n) is 7.60. The van der Waals surface area contributed by atoms with Crippen LogP contribution in [0.2, 0.25) is 0 Å². The van der Waals surface area contributed by atoms with Gasteiger partial charge in [0.25, 0.3) is 11.5 Å². The second-order valence-corrected chi connectivity index (χ2v) is 8.56. The van der Waals surface area contributed by atoms with Crippen LogP contribution in [0.3, 0.4) is 0 Å². The minimum atomic E-state index is -0.236. The Balaban J connectivity index is 1.38. The van der Waals surface area contributed by atoms with Crippen molar-refractivity contribution in [2.75, 3.05) is 19.6 Å². The lowest BCUT2D eigenvalue weighted by molar-refractivity contribution is 0.0620. The molecule has 148 valence electrons. The molecule has 1 atom stereocenters. The van der Waals surface area contributed by atoms with Crippen molar-refractivity contribution >= 4 is 17.2 Å². The number of carbonyl (C=O) groups excluding carboxylic acids is 1. The largest absolute Gasteiger partial charge is 0.348 e. The van der Waals surface area contributed by atoms with Gasteiger partial charge in [-0.05, 0) is 37.9 Å². The third-order valence-corrected chi connectivity index (χ3v) is 6.76. The van der Waals surface area contributed by atoms with Crippen LogP contribution in [0.15, 0.2) is 53.5 Å². The predicted molar refractivity (Wildman–Crippen MR) is 111 cm³/mol. The summed E-state index contributed by atoms with van der Waals surface area (Å²) in [5.74, 6) is 0.400. The molecule has 0 saturated carbocycles. The van der Waals surface area contributed by atoms with Gasteiger partial charge < -0.3 is 10.2 Å². The Kier molecular flexibility index (Phi) is 4.73. The summed E-state index contributed by atoms with van der Waals surface area (Å²) in [5.41, 5.74) is 1.17. The number of carbonyl (C=O) groups is 1. The first kappa shape index (κ1) is 18.2. The summed E-state index contributed by atoms with van der Waals surface area (Å²) in [4.78, 5) is 27.6. The highest BCUT2D eigenvalue weighted by Crippen LogP contribution is 2.28. The molecule has 1 unspecified atom stereocenters. The van der Waals surface area contributed by atoms with E-state index in [1.165, 1.54) is 22.0 Å². The SMILES string of the molecule is O=C(NC1CN2CCC1CC2)c1ccc(=O)n(-c2nnc(-c3ccccc3)s2)c1. The Morgan fingerprint density at radius 3 is 2.59 bits per heavy atom. The summed E-state index contributed by atoms with van der Waals surface area (Å²) in [6.07, 6.45) is 3.84. The molecule has 0 radical (unpaired) electrons. The number of hydrogen-bond acceptors (Lipinski definition) is 6. The van der Waals surface area contributed by atoms with Gasteiger partial charge in [0.05, 0.1) is 5.56 Å². The monoisotopic (exact) mass is 407 g/mol. The van der Waals surface area contributed by atoms with Gasteiger partial charge in [0, 0.05) is 30.4 Å². The second kappa shape index (κ2) is 7.53. The molecule has 0 spiro atoms. The zero-order valence-electron chi connectivity index (χ0n) is 15.8. The quantitative estimate of drug-likeness (QED) is 0.717. The fourth-order valence-corrected chi connectivity index (χ4v) is 4.99. The van der Waals surface area contributed by atoms with Crippen molar-refractivity contribution < 1.29 is 4.79 Å². The van der Waals surface area contributed by atoms with Gasteiger partial charge in [0.2, 0.25) is 5.13 Å². The molecule has 2 bridgehead atoms. The Bertz CT molecular complexity index is 1090. The third-order valence-electron chi connectivity index (χ3n) is 5.79. The van der Waals surface area contributed by atoms with Gasteiger partial charge in [-0.2, -0.15) is 0 Å². The number of amides is 1. The third kappa shape index (κ3) is 3.61. The molecular formula is C21H21N5O2S. The molecular weight excluding hydrogens is 386 g/mol. The van der Waals surface area contributed by atoms with E-state index in [0.29, 0.717) is 16.6 Å². The lowest BCUT2D eigenvalue weighted by Gasteiger charge is -2.44. The highest BCUT2D eigenvalue weighted by molar-refractivity contribution is 7.17. The molecule has 3 aliphatic rings. The molecule has 3 saturated heterocycles. The van der Waals surface area contributed by atoms with Crippen molar-refractivity contribution in [3.8, 4) is 15.7 Å². The number of pyridine rings is 1. The Morgan fingerprint density at radius 2 is 1.86 bits per heavy atom. The van der Waals surface area contributed by atoms with Crippen LogP contribution >= 0.6 is 11.3 Å². The van der Waals surface area contributed by atoms with Crippen molar-refractivity contribution in [3.05, 3.63) is 64.6 Å². The number of piperidine rings is 3. The zero-order chi connectivity index (χ0) is 19.8. The number of aromatic nitrogens is 3. The number of nitrogens with one attached hydrogen (secondary N) is 1. The van der Waals surface area contributed by atoms with Crippen LogP contribution in [0.4, 0.5) is 0 Å². The normalized spacial score (nSPS) is 23.1. The number of benzene rings is 1. The highest BCUT2D eigenvalue weighted by atomic mass is 32.1. The molecule has 1 aromatic carbocycles. The summed E-state index contributed by atoms with van der Waals surface area (Å²) in [6, 6.07) is 12.9. The van der Waals surface area contributed by atoms with E-state index in [9.17, 15) is 9.59 Å². The summed E-state index contributed by atoms with van der Waals surface area (Å²) in [7, 11) is 0. The number of rotatable bonds is 4. The molecule has 0 aliphatic carbocycles. The number of nitrogens with zero attached hydrogens (tertiary/aromatic N) is 4. The van der Waals surface area contributed by atoms with Crippen LogP contribution in [0.25, 0.3) is 15.7 Å². The summed E-state index contributed by atoms with van der Waals surface area (Å²) in [5, 5.41) is 12.7. The van der Waals surface area contributed by atoms with Gasteiger partial charge >= 0.3 is 0 Å². The maximum atomic E-state index is 12.8. The standard InChI is InChI=1S/C21H21N5O2S/c27-18-7-6-16(19(28)22-17-13-25-10-8-14(17)9-11-25)12-26(18)21-24-23-20(29-21)15-4-2-1-3-5-15/h1-7,12,14,17H,8-11,13H2,(H,22,28). The van der Waals surface area contributed by atoms with E-state index in [2.05, 4.69) is 20.4 Å². The van der Waals surface area contributed by atoms with E-state index in [-0.39, 0.29) is 17.5 Å². The van der Waals surface area contributed by atoms with Gasteiger partial charge in [-0.15, -0.1) is 10.2 Å². The summed E-state index contributed by atoms with van der Waals surface area (Å²) >= 11 is 1.32. The van der Waals surface area contributed by atoms with Crippen LogP contribution < -0.4 is 10.9 Å². The molecule has 3 aromatic rings. The summed E-state index contributed by atoms with van der Waals surface area (Å²) < 4.78 is 1.40. The molecule has 3 aliphatic heterocycles. The van der Waals surface area contributed by atoms with Crippen LogP contribution in [0.1, 0.15) is 23.2 Å². The molecule has 29 heavy (non-hydrogen) atoms. The van der Waals surface area contributed by atoms with Gasteiger partial charge in [0.1, 0.15) is 5.01 Å². The smallest absolute Gasteiger partial charge is 0.256 e. The number of hydrogen-bond donors (Lipinski definition) is 1. The maximum absolute atomic E-state index is 12.8. The minimum Gasteiger partial charge on any atom is -0.348 e. The molecule has 7 nitrogen and oxygen atoms in total. The fraction of sp³-hybridized carbons (Fsp3) is 0.333. The Labute approximate surface area is 172 Å². The summed E-state index contributed by atoms with van der Waals surface area (Å²) in [6.45, 7) is 3.16. The average Bonchev–Trinajstić information content (AvgIpc) is 3.25. The molecule has 1 N–H and O–H groups in total. The van der Waals surface area contributed by atoms with Crippen molar-refractivity contribution in [2.45, 2.75) is 18.9 Å². The van der Waals surface area contributed by atoms with Crippen LogP contribution in [-0.4, -0.2) is 51.2 Å². The fourth-order valence-electron chi connectivity index (χ4n) is 4.16. The predicted octanol–water partition coefficient (Wildman–Crippen LogP) is 2.18. The van der Waals surface area contributed by atoms with E-state index >= 15 is 0 Å². The molecule has 6 rings (SSSR count). The molecule has 2 aromatic heterocycles. The Hall–Kier alpha value is -2.84. The molecule has 3 fully saturated rings. The first-order valence-electron chi connectivity index (χ1n) is 9.82. The minimum absolute atomic E-state index is 0.148. The molecule has 8 heteroatoms. The first-order valence-corrected chi connectivity index (χ1v) is 10.6. The van der Waals surface area contributed by atoms with Crippen LogP contribution in [0.5, 0.6) is 0 Å². The van der Waals surface area contributed by atoms with Crippen molar-refractivity contribution in [1.29, 1.82) is 0 Å². The lowest BCUT2D eigenvalue weighted by Crippen LogP contribution is -2.57. The van der Waals surface area contributed by atoms with E-state index in [1.54, 1.807) is 12.3 Å². The molecule has 5 heterocycles. The Morgan fingerprint density at radius 1 is 1.07 bits per heavy atom. The van der Waals surface area contributed by atoms with Crippen molar-refractivity contribution in [3.63, 3.8) is 0 Å². The van der Waals surface area contributed by atoms with Gasteiger partial charge in [-0.25, -0.2) is 0 Å². The highest BCUT2D eigenvalue weighted by Gasteiger charge is 2.35. The number of fused-ring (bicyclic) bond motifs is 3. The van der Waals surface area contributed by atoms with E-state index in [0.717, 1.165) is 43.0 Å². The van der Waals surface area contributed by atoms with Gasteiger partial charge in [-0.1, -0.05) is 41.7 Å². The van der Waals surface area contributed by atoms with Gasteiger partial charge in [-0.3, -0.25) is 14.2 Å². The topological polar surface area (TPSA) is 80.1 Å². The average molecular weight is 407 g/mol. The molecule has 1 amide bonds. The van der Waals surface area contributed by atoms with Crippen LogP contribution in [0, 0.1) is 5.92 Å². The van der Waals surface area contributed by atoms with Crippen molar-refractivity contribution in [1.82, 2.24) is 25.0 Å². The van der Waals surface area contributed by atoms with Gasteiger partial charge in [0.15, 0.2) is 0 Å². The van der Waals surface area contributed by atoms with Crippen molar-refractivity contribution in [2.24, 2.45) is 5.92 Å². The van der Waals surface area contributed by atoms with E-state index in [4.69, 9.17) is 0 Å². The van der Waals surface area contributed by atoms with E-state index < -0.39 is 0 Å². The zero-order valence-corrected chi connectivity index (χ0v) is 16.6. The maximum Gasteiger partial charge on any atom is 0.256 e.